The van der Waals surface area contributed by atoms with E-state index < -0.39 is 0 Å². The first-order chi connectivity index (χ1) is 7.77. The third-order valence-electron chi connectivity index (χ3n) is 3.32. The summed E-state index contributed by atoms with van der Waals surface area (Å²) < 4.78 is 1.87. The van der Waals surface area contributed by atoms with Gasteiger partial charge in [-0.15, -0.1) is 0 Å². The second kappa shape index (κ2) is 3.47. The molecule has 3 heterocycles. The average molecular weight is 216 g/mol. The first-order valence-electron chi connectivity index (χ1n) is 5.80. The first-order valence-corrected chi connectivity index (χ1v) is 5.80. The Hall–Kier alpha value is -1.58. The molecule has 0 aromatic carbocycles. The van der Waals surface area contributed by atoms with Crippen molar-refractivity contribution in [2.24, 2.45) is 7.05 Å². The molecule has 2 aromatic rings. The third kappa shape index (κ3) is 1.29. The number of nitrogens with zero attached hydrogens (tertiary/aromatic N) is 4. The van der Waals surface area contributed by atoms with Crippen molar-refractivity contribution in [2.45, 2.75) is 19.8 Å². The zero-order valence-corrected chi connectivity index (χ0v) is 9.77. The molecule has 0 atom stereocenters. The second-order valence-electron chi connectivity index (χ2n) is 4.43. The van der Waals surface area contributed by atoms with Crippen LogP contribution >= 0.6 is 0 Å². The van der Waals surface area contributed by atoms with Crippen LogP contribution in [0.2, 0.25) is 0 Å². The van der Waals surface area contributed by atoms with Crippen molar-refractivity contribution in [3.63, 3.8) is 0 Å². The molecule has 0 amide bonds. The van der Waals surface area contributed by atoms with Crippen molar-refractivity contribution in [3.8, 4) is 0 Å². The Labute approximate surface area is 94.9 Å². The Morgan fingerprint density at radius 1 is 1.25 bits per heavy atom. The quantitative estimate of drug-likeness (QED) is 0.730. The molecule has 1 saturated heterocycles. The van der Waals surface area contributed by atoms with Gasteiger partial charge in [-0.25, -0.2) is 4.98 Å². The fourth-order valence-corrected chi connectivity index (χ4v) is 2.58. The fourth-order valence-electron chi connectivity index (χ4n) is 2.58. The van der Waals surface area contributed by atoms with E-state index in [1.807, 2.05) is 17.9 Å². The largest absolute Gasteiger partial charge is 0.371 e. The van der Waals surface area contributed by atoms with Crippen LogP contribution in [0.1, 0.15) is 18.5 Å². The summed E-state index contributed by atoms with van der Waals surface area (Å²) in [6.45, 7) is 4.38. The summed E-state index contributed by atoms with van der Waals surface area (Å²) in [6.07, 6.45) is 4.48. The van der Waals surface area contributed by atoms with Gasteiger partial charge in [-0.1, -0.05) is 0 Å². The van der Waals surface area contributed by atoms with E-state index in [1.54, 1.807) is 0 Å². The molecule has 0 bridgehead atoms. The summed E-state index contributed by atoms with van der Waals surface area (Å²) in [5.41, 5.74) is 3.36. The molecule has 1 fully saturated rings. The van der Waals surface area contributed by atoms with Crippen LogP contribution < -0.4 is 4.90 Å². The van der Waals surface area contributed by atoms with Gasteiger partial charge in [0.25, 0.3) is 0 Å². The van der Waals surface area contributed by atoms with E-state index in [0.717, 1.165) is 24.4 Å². The molecular weight excluding hydrogens is 200 g/mol. The van der Waals surface area contributed by atoms with E-state index >= 15 is 0 Å². The van der Waals surface area contributed by atoms with Crippen LogP contribution in [-0.4, -0.2) is 27.9 Å². The van der Waals surface area contributed by atoms with Crippen LogP contribution in [0.15, 0.2) is 12.3 Å². The van der Waals surface area contributed by atoms with Crippen LogP contribution in [0, 0.1) is 6.92 Å². The Morgan fingerprint density at radius 2 is 2.00 bits per heavy atom. The highest BCUT2D eigenvalue weighted by atomic mass is 15.3. The standard InChI is InChI=1S/C12H16N4/c1-9-11-10(16-7-3-4-8-16)5-6-13-12(11)15(2)14-9/h5-6H,3-4,7-8H2,1-2H3. The molecule has 1 aliphatic heterocycles. The van der Waals surface area contributed by atoms with Gasteiger partial charge in [0.15, 0.2) is 5.65 Å². The van der Waals surface area contributed by atoms with Crippen molar-refractivity contribution in [2.75, 3.05) is 18.0 Å². The molecule has 0 N–H and O–H groups in total. The van der Waals surface area contributed by atoms with Crippen LogP contribution in [0.3, 0.4) is 0 Å². The number of pyridine rings is 1. The minimum Gasteiger partial charge on any atom is -0.371 e. The SMILES string of the molecule is Cc1nn(C)c2nccc(N3CCCC3)c12. The lowest BCUT2D eigenvalue weighted by atomic mass is 10.2. The molecule has 4 heteroatoms. The normalized spacial score (nSPS) is 16.2. The number of aromatic nitrogens is 3. The van der Waals surface area contributed by atoms with Crippen molar-refractivity contribution >= 4 is 16.7 Å². The predicted molar refractivity (Wildman–Crippen MR) is 64.7 cm³/mol. The van der Waals surface area contributed by atoms with E-state index in [2.05, 4.69) is 28.0 Å². The Balaban J connectivity index is 2.23. The van der Waals surface area contributed by atoms with Crippen LogP contribution in [0.5, 0.6) is 0 Å². The molecule has 1 aliphatic rings. The smallest absolute Gasteiger partial charge is 0.159 e. The molecule has 84 valence electrons. The molecule has 0 spiro atoms. The van der Waals surface area contributed by atoms with Gasteiger partial charge in [0.1, 0.15) is 0 Å². The summed E-state index contributed by atoms with van der Waals surface area (Å²) in [6, 6.07) is 2.11. The lowest BCUT2D eigenvalue weighted by molar-refractivity contribution is 0.774. The maximum atomic E-state index is 4.45. The van der Waals surface area contributed by atoms with Gasteiger partial charge < -0.3 is 4.90 Å². The molecule has 16 heavy (non-hydrogen) atoms. The maximum Gasteiger partial charge on any atom is 0.159 e. The van der Waals surface area contributed by atoms with Crippen molar-refractivity contribution in [3.05, 3.63) is 18.0 Å². The molecule has 0 radical (unpaired) electrons. The monoisotopic (exact) mass is 216 g/mol. The Bertz CT molecular complexity index is 523. The number of hydrogen-bond donors (Lipinski definition) is 0. The summed E-state index contributed by atoms with van der Waals surface area (Å²) in [7, 11) is 1.95. The highest BCUT2D eigenvalue weighted by Crippen LogP contribution is 2.29. The molecule has 0 saturated carbocycles. The Kier molecular flexibility index (Phi) is 2.09. The zero-order valence-electron chi connectivity index (χ0n) is 9.77. The fraction of sp³-hybridized carbons (Fsp3) is 0.500. The molecular formula is C12H16N4. The lowest BCUT2D eigenvalue weighted by Crippen LogP contribution is -2.18. The van der Waals surface area contributed by atoms with Gasteiger partial charge in [0.05, 0.1) is 16.8 Å². The topological polar surface area (TPSA) is 34.0 Å². The Morgan fingerprint density at radius 3 is 2.75 bits per heavy atom. The highest BCUT2D eigenvalue weighted by Gasteiger charge is 2.18. The molecule has 0 aliphatic carbocycles. The van der Waals surface area contributed by atoms with Crippen LogP contribution in [0.25, 0.3) is 11.0 Å². The maximum absolute atomic E-state index is 4.45. The van der Waals surface area contributed by atoms with E-state index in [1.165, 1.54) is 23.9 Å². The van der Waals surface area contributed by atoms with Gasteiger partial charge in [-0.2, -0.15) is 5.10 Å². The second-order valence-corrected chi connectivity index (χ2v) is 4.43. The van der Waals surface area contributed by atoms with Gasteiger partial charge in [-0.3, -0.25) is 4.68 Å². The van der Waals surface area contributed by atoms with Crippen LogP contribution in [0.4, 0.5) is 5.69 Å². The molecule has 0 unspecified atom stereocenters. The minimum atomic E-state index is 0.988. The minimum absolute atomic E-state index is 0.988. The van der Waals surface area contributed by atoms with Gasteiger partial charge in [0, 0.05) is 26.3 Å². The number of rotatable bonds is 1. The number of aryl methyl sites for hydroxylation is 2. The van der Waals surface area contributed by atoms with Gasteiger partial charge in [0.2, 0.25) is 0 Å². The first kappa shape index (κ1) is 9.63. The van der Waals surface area contributed by atoms with Gasteiger partial charge >= 0.3 is 0 Å². The molecule has 3 rings (SSSR count). The molecule has 4 nitrogen and oxygen atoms in total. The summed E-state index contributed by atoms with van der Waals surface area (Å²) in [5.74, 6) is 0. The van der Waals surface area contributed by atoms with Crippen molar-refractivity contribution in [1.29, 1.82) is 0 Å². The highest BCUT2D eigenvalue weighted by molar-refractivity contribution is 5.91. The number of anilines is 1. The van der Waals surface area contributed by atoms with E-state index in [-0.39, 0.29) is 0 Å². The van der Waals surface area contributed by atoms with E-state index in [4.69, 9.17) is 0 Å². The predicted octanol–water partition coefficient (Wildman–Crippen LogP) is 1.88. The zero-order chi connectivity index (χ0) is 11.1. The number of hydrogen-bond acceptors (Lipinski definition) is 3. The van der Waals surface area contributed by atoms with Crippen molar-refractivity contribution in [1.82, 2.24) is 14.8 Å². The van der Waals surface area contributed by atoms with Crippen molar-refractivity contribution < 1.29 is 0 Å². The summed E-state index contributed by atoms with van der Waals surface area (Å²) in [5, 5.41) is 5.66. The average Bonchev–Trinajstić information content (AvgIpc) is 2.88. The summed E-state index contributed by atoms with van der Waals surface area (Å²) in [4.78, 5) is 6.85. The molecule has 2 aromatic heterocycles. The lowest BCUT2D eigenvalue weighted by Gasteiger charge is -2.18. The number of fused-ring (bicyclic) bond motifs is 1. The third-order valence-corrected chi connectivity index (χ3v) is 3.32. The van der Waals surface area contributed by atoms with E-state index in [0.29, 0.717) is 0 Å². The van der Waals surface area contributed by atoms with Gasteiger partial charge in [-0.05, 0) is 25.8 Å². The van der Waals surface area contributed by atoms with E-state index in [9.17, 15) is 0 Å². The van der Waals surface area contributed by atoms with Crippen LogP contribution in [-0.2, 0) is 7.05 Å². The summed E-state index contributed by atoms with van der Waals surface area (Å²) >= 11 is 0.